The van der Waals surface area contributed by atoms with Gasteiger partial charge in [0.25, 0.3) is 0 Å². The lowest BCUT2D eigenvalue weighted by Gasteiger charge is -2.30. The summed E-state index contributed by atoms with van der Waals surface area (Å²) in [5.41, 5.74) is -1.02. The molecular weight excluding hydrogens is 284 g/mol. The summed E-state index contributed by atoms with van der Waals surface area (Å²) in [6, 6.07) is 0. The van der Waals surface area contributed by atoms with Crippen LogP contribution in [0.4, 0.5) is 4.79 Å². The number of hydrogen-bond donors (Lipinski definition) is 0. The number of amides is 1. The fourth-order valence-electron chi connectivity index (χ4n) is 2.54. The summed E-state index contributed by atoms with van der Waals surface area (Å²) in [5.74, 6) is -0.208. The Morgan fingerprint density at radius 2 is 1.64 bits per heavy atom. The maximum absolute atomic E-state index is 12.1. The van der Waals surface area contributed by atoms with Crippen molar-refractivity contribution in [1.29, 1.82) is 0 Å². The molecule has 1 amide bonds. The maximum Gasteiger partial charge on any atom is 0.410 e. The summed E-state index contributed by atoms with van der Waals surface area (Å²) in [7, 11) is 1.41. The molecule has 0 radical (unpaired) electrons. The van der Waals surface area contributed by atoms with Crippen molar-refractivity contribution in [1.82, 2.24) is 9.80 Å². The summed E-state index contributed by atoms with van der Waals surface area (Å²) < 4.78 is 10.3. The fraction of sp³-hybridized carbons (Fsp3) is 0.875. The van der Waals surface area contributed by atoms with Crippen LogP contribution in [0.1, 0.15) is 41.0 Å². The smallest absolute Gasteiger partial charge is 0.410 e. The van der Waals surface area contributed by atoms with E-state index in [1.807, 2.05) is 34.6 Å². The van der Waals surface area contributed by atoms with Gasteiger partial charge in [-0.2, -0.15) is 0 Å². The second kappa shape index (κ2) is 7.31. The van der Waals surface area contributed by atoms with Gasteiger partial charge in [0, 0.05) is 26.2 Å². The van der Waals surface area contributed by atoms with Crippen molar-refractivity contribution < 1.29 is 19.1 Å². The average Bonchev–Trinajstić information content (AvgIpc) is 2.60. The molecule has 6 nitrogen and oxygen atoms in total. The molecule has 22 heavy (non-hydrogen) atoms. The molecule has 0 aromatic carbocycles. The van der Waals surface area contributed by atoms with E-state index in [0.29, 0.717) is 19.6 Å². The molecule has 0 N–H and O–H groups in total. The van der Waals surface area contributed by atoms with E-state index in [9.17, 15) is 9.59 Å². The predicted molar refractivity (Wildman–Crippen MR) is 84.7 cm³/mol. The second-order valence-corrected chi connectivity index (χ2v) is 7.47. The first kappa shape index (κ1) is 18.7. The molecule has 6 heteroatoms. The molecule has 128 valence electrons. The Morgan fingerprint density at radius 3 is 2.18 bits per heavy atom. The highest BCUT2D eigenvalue weighted by atomic mass is 16.6. The number of hydrogen-bond acceptors (Lipinski definition) is 5. The van der Waals surface area contributed by atoms with Gasteiger partial charge in [-0.1, -0.05) is 0 Å². The van der Waals surface area contributed by atoms with E-state index < -0.39 is 11.0 Å². The summed E-state index contributed by atoms with van der Waals surface area (Å²) >= 11 is 0. The van der Waals surface area contributed by atoms with Crippen LogP contribution in [0.3, 0.4) is 0 Å². The largest absolute Gasteiger partial charge is 0.469 e. The zero-order chi connectivity index (χ0) is 17.0. The van der Waals surface area contributed by atoms with E-state index in [2.05, 4.69) is 4.90 Å². The number of carbonyl (C=O) groups is 2. The third kappa shape index (κ3) is 5.83. The normalized spacial score (nSPS) is 17.8. The van der Waals surface area contributed by atoms with Gasteiger partial charge < -0.3 is 19.3 Å². The third-order valence-electron chi connectivity index (χ3n) is 3.60. The minimum atomic E-state index is -0.546. The summed E-state index contributed by atoms with van der Waals surface area (Å²) in [6.07, 6.45) is 0.609. The van der Waals surface area contributed by atoms with Crippen LogP contribution in [-0.2, 0) is 14.3 Å². The van der Waals surface area contributed by atoms with E-state index in [1.54, 1.807) is 4.90 Å². The van der Waals surface area contributed by atoms with Crippen molar-refractivity contribution in [2.24, 2.45) is 5.41 Å². The van der Waals surface area contributed by atoms with Crippen molar-refractivity contribution in [3.05, 3.63) is 0 Å². The second-order valence-electron chi connectivity index (χ2n) is 7.47. The number of rotatable bonds is 3. The van der Waals surface area contributed by atoms with Crippen LogP contribution in [0, 0.1) is 5.41 Å². The first-order chi connectivity index (χ1) is 10.0. The van der Waals surface area contributed by atoms with Crippen molar-refractivity contribution in [3.63, 3.8) is 0 Å². The first-order valence-corrected chi connectivity index (χ1v) is 7.84. The van der Waals surface area contributed by atoms with Crippen LogP contribution in [0.25, 0.3) is 0 Å². The topological polar surface area (TPSA) is 59.1 Å². The molecule has 1 rings (SSSR count). The Balaban J connectivity index is 2.56. The maximum atomic E-state index is 12.1. The zero-order valence-electron chi connectivity index (χ0n) is 14.8. The van der Waals surface area contributed by atoms with Gasteiger partial charge >= 0.3 is 12.1 Å². The SMILES string of the molecule is COC(=O)C(C)(C)CN1CCCN(C(=O)OC(C)(C)C)CC1. The van der Waals surface area contributed by atoms with Crippen molar-refractivity contribution >= 4 is 12.1 Å². The molecule has 0 bridgehead atoms. The molecule has 1 saturated heterocycles. The molecule has 1 aliphatic rings. The van der Waals surface area contributed by atoms with E-state index in [0.717, 1.165) is 19.5 Å². The molecule has 0 aromatic rings. The molecule has 1 aliphatic heterocycles. The quantitative estimate of drug-likeness (QED) is 0.747. The molecule has 0 saturated carbocycles. The number of methoxy groups -OCH3 is 1. The predicted octanol–water partition coefficient (Wildman–Crippen LogP) is 2.13. The molecule has 0 unspecified atom stereocenters. The number of nitrogens with zero attached hydrogens (tertiary/aromatic N) is 2. The standard InChI is InChI=1S/C16H30N2O4/c1-15(2,3)22-14(20)18-9-7-8-17(10-11-18)12-16(4,5)13(19)21-6/h7-12H2,1-6H3. The van der Waals surface area contributed by atoms with Crippen LogP contribution >= 0.6 is 0 Å². The molecule has 0 atom stereocenters. The Bertz CT molecular complexity index is 401. The monoisotopic (exact) mass is 314 g/mol. The van der Waals surface area contributed by atoms with E-state index >= 15 is 0 Å². The van der Waals surface area contributed by atoms with Crippen LogP contribution in [0.5, 0.6) is 0 Å². The summed E-state index contributed by atoms with van der Waals surface area (Å²) in [4.78, 5) is 27.9. The van der Waals surface area contributed by atoms with Crippen molar-refractivity contribution in [2.45, 2.75) is 46.6 Å². The van der Waals surface area contributed by atoms with Gasteiger partial charge in [-0.25, -0.2) is 4.79 Å². The molecule has 1 heterocycles. The highest BCUT2D eigenvalue weighted by molar-refractivity contribution is 5.76. The zero-order valence-corrected chi connectivity index (χ0v) is 14.8. The van der Waals surface area contributed by atoms with Gasteiger partial charge in [0.05, 0.1) is 12.5 Å². The van der Waals surface area contributed by atoms with Crippen LogP contribution in [-0.4, -0.2) is 67.3 Å². The Hall–Kier alpha value is -1.30. The third-order valence-corrected chi connectivity index (χ3v) is 3.60. The van der Waals surface area contributed by atoms with Gasteiger partial charge in [-0.05, 0) is 47.6 Å². The van der Waals surface area contributed by atoms with E-state index in [-0.39, 0.29) is 12.1 Å². The lowest BCUT2D eigenvalue weighted by atomic mass is 9.93. The van der Waals surface area contributed by atoms with Gasteiger partial charge in [0.2, 0.25) is 0 Å². The Labute approximate surface area is 133 Å². The van der Waals surface area contributed by atoms with Gasteiger partial charge in [-0.3, -0.25) is 4.79 Å². The van der Waals surface area contributed by atoms with Crippen molar-refractivity contribution in [2.75, 3.05) is 39.8 Å². The van der Waals surface area contributed by atoms with Crippen LogP contribution in [0.2, 0.25) is 0 Å². The minimum absolute atomic E-state index is 0.208. The molecule has 0 aliphatic carbocycles. The lowest BCUT2D eigenvalue weighted by molar-refractivity contribution is -0.151. The fourth-order valence-corrected chi connectivity index (χ4v) is 2.54. The van der Waals surface area contributed by atoms with Crippen LogP contribution in [0.15, 0.2) is 0 Å². The first-order valence-electron chi connectivity index (χ1n) is 7.84. The van der Waals surface area contributed by atoms with E-state index in [4.69, 9.17) is 9.47 Å². The Morgan fingerprint density at radius 1 is 1.00 bits per heavy atom. The lowest BCUT2D eigenvalue weighted by Crippen LogP contribution is -2.42. The average molecular weight is 314 g/mol. The number of carbonyl (C=O) groups excluding carboxylic acids is 2. The Kier molecular flexibility index (Phi) is 6.23. The molecule has 1 fully saturated rings. The van der Waals surface area contributed by atoms with Gasteiger partial charge in [0.15, 0.2) is 0 Å². The molecular formula is C16H30N2O4. The molecule has 0 aromatic heterocycles. The highest BCUT2D eigenvalue weighted by Gasteiger charge is 2.32. The minimum Gasteiger partial charge on any atom is -0.469 e. The highest BCUT2D eigenvalue weighted by Crippen LogP contribution is 2.20. The van der Waals surface area contributed by atoms with Gasteiger partial charge in [-0.15, -0.1) is 0 Å². The van der Waals surface area contributed by atoms with Crippen LogP contribution < -0.4 is 0 Å². The number of ether oxygens (including phenoxy) is 2. The summed E-state index contributed by atoms with van der Waals surface area (Å²) in [6.45, 7) is 12.9. The van der Waals surface area contributed by atoms with E-state index in [1.165, 1.54) is 7.11 Å². The van der Waals surface area contributed by atoms with Gasteiger partial charge in [0.1, 0.15) is 5.60 Å². The molecule has 0 spiro atoms. The number of esters is 1. The van der Waals surface area contributed by atoms with Crippen molar-refractivity contribution in [3.8, 4) is 0 Å². The summed E-state index contributed by atoms with van der Waals surface area (Å²) in [5, 5.41) is 0.